The average molecular weight is 489 g/mol. The number of benzene rings is 1. The zero-order valence-electron chi connectivity index (χ0n) is 18.9. The van der Waals surface area contributed by atoms with Gasteiger partial charge < -0.3 is 29.8 Å². The number of ether oxygens (including phenoxy) is 1. The summed E-state index contributed by atoms with van der Waals surface area (Å²) in [4.78, 5) is 25.5. The van der Waals surface area contributed by atoms with E-state index in [-0.39, 0.29) is 5.56 Å². The summed E-state index contributed by atoms with van der Waals surface area (Å²) in [6.45, 7) is 5.79. The smallest absolute Gasteiger partial charge is 0.251 e. The predicted octanol–water partition coefficient (Wildman–Crippen LogP) is 4.34. The van der Waals surface area contributed by atoms with Crippen LogP contribution in [0.1, 0.15) is 11.1 Å². The molecule has 174 valence electrons. The number of nitrogens with one attached hydrogen (secondary N) is 3. The number of nitrogens with zero attached hydrogens (tertiary/aromatic N) is 3. The number of likely N-dealkylation sites (N-methyl/N-ethyl adjacent to an activating group) is 1. The summed E-state index contributed by atoms with van der Waals surface area (Å²) in [6.07, 6.45) is 4.02. The largest absolute Gasteiger partial charge is 0.495 e. The molecule has 0 spiro atoms. The minimum Gasteiger partial charge on any atom is -0.495 e. The highest BCUT2D eigenvalue weighted by atomic mass is 35.5. The number of aromatic amines is 1. The highest BCUT2D eigenvalue weighted by Gasteiger charge is 2.18. The second-order valence-corrected chi connectivity index (χ2v) is 10.1. The number of hydrogen-bond donors (Lipinski definition) is 3. The Hall–Kier alpha value is -2.87. The first-order valence-corrected chi connectivity index (χ1v) is 12.9. The lowest BCUT2D eigenvalue weighted by molar-refractivity contribution is 0.312. The van der Waals surface area contributed by atoms with Gasteiger partial charge in [-0.15, -0.1) is 0 Å². The van der Waals surface area contributed by atoms with Crippen molar-refractivity contribution in [2.75, 3.05) is 44.7 Å². The van der Waals surface area contributed by atoms with Crippen molar-refractivity contribution >= 4 is 42.9 Å². The Bertz CT molecular complexity index is 1220. The molecular weight excluding hydrogens is 463 g/mol. The maximum Gasteiger partial charge on any atom is 0.251 e. The van der Waals surface area contributed by atoms with Gasteiger partial charge in [0.25, 0.3) is 5.56 Å². The third-order valence-corrected chi connectivity index (χ3v) is 5.97. The zero-order chi connectivity index (χ0) is 23.5. The fourth-order valence-electron chi connectivity index (χ4n) is 3.58. The Kier molecular flexibility index (Phi) is 7.02. The van der Waals surface area contributed by atoms with Crippen molar-refractivity contribution in [1.82, 2.24) is 19.9 Å². The van der Waals surface area contributed by atoms with E-state index in [1.807, 2.05) is 13.3 Å². The van der Waals surface area contributed by atoms with Gasteiger partial charge in [0.05, 0.1) is 32.8 Å². The van der Waals surface area contributed by atoms with Crippen LogP contribution in [0, 0.1) is 0 Å². The number of hydrogen-bond acceptors (Lipinski definition) is 8. The number of H-pyrrole nitrogens is 1. The molecule has 0 saturated heterocycles. The molecular formula is C22H26ClN6O3P. The lowest BCUT2D eigenvalue weighted by Crippen LogP contribution is -2.26. The molecule has 3 N–H and O–H groups in total. The van der Waals surface area contributed by atoms with Gasteiger partial charge in [-0.25, -0.2) is 4.98 Å². The fraction of sp³-hybridized carbons (Fsp3) is 0.318. The molecule has 0 aliphatic carbocycles. The minimum absolute atomic E-state index is 0.256. The van der Waals surface area contributed by atoms with Gasteiger partial charge in [-0.1, -0.05) is 11.6 Å². The Morgan fingerprint density at radius 1 is 1.15 bits per heavy atom. The second kappa shape index (κ2) is 9.95. The van der Waals surface area contributed by atoms with Crippen molar-refractivity contribution in [3.8, 4) is 11.5 Å². The van der Waals surface area contributed by atoms with E-state index >= 15 is 0 Å². The van der Waals surface area contributed by atoms with Crippen LogP contribution in [-0.4, -0.2) is 53.9 Å². The monoisotopic (exact) mass is 488 g/mol. The van der Waals surface area contributed by atoms with Crippen molar-refractivity contribution < 1.29 is 9.26 Å². The molecule has 1 aliphatic rings. The first kappa shape index (κ1) is 23.3. The van der Waals surface area contributed by atoms with E-state index in [9.17, 15) is 4.79 Å². The maximum absolute atomic E-state index is 11.8. The first-order valence-electron chi connectivity index (χ1n) is 10.4. The standard InChI is InChI=1S/C22H26ClN6O3P/c1-29-6-5-13-8-18(31-2)16(7-14(13)12-29)27-22-25-10-15(23)21(28-22)26-17-11-24-20(30)9-19(17)32-33(3)4/h7-11H,5-6,12H2,1-4H3,(H,24,30)(H2,25,26,27,28). The van der Waals surface area contributed by atoms with Crippen LogP contribution < -0.4 is 25.5 Å². The van der Waals surface area contributed by atoms with Crippen molar-refractivity contribution in [2.45, 2.75) is 13.0 Å². The van der Waals surface area contributed by atoms with Crippen molar-refractivity contribution in [3.63, 3.8) is 0 Å². The molecule has 3 aromatic rings. The molecule has 2 aromatic heterocycles. The Morgan fingerprint density at radius 2 is 1.97 bits per heavy atom. The summed E-state index contributed by atoms with van der Waals surface area (Å²) in [6, 6.07) is 5.54. The van der Waals surface area contributed by atoms with E-state index in [0.717, 1.165) is 30.9 Å². The van der Waals surface area contributed by atoms with Crippen molar-refractivity contribution in [2.24, 2.45) is 0 Å². The molecule has 3 heterocycles. The number of aromatic nitrogens is 3. The molecule has 0 saturated carbocycles. The van der Waals surface area contributed by atoms with Crippen LogP contribution in [0.2, 0.25) is 5.02 Å². The predicted molar refractivity (Wildman–Crippen MR) is 133 cm³/mol. The number of anilines is 4. The van der Waals surface area contributed by atoms with Gasteiger partial charge in [0.1, 0.15) is 10.8 Å². The summed E-state index contributed by atoms with van der Waals surface area (Å²) < 4.78 is 11.4. The van der Waals surface area contributed by atoms with Gasteiger partial charge in [0, 0.05) is 25.4 Å². The number of pyridine rings is 1. The van der Waals surface area contributed by atoms with E-state index in [0.29, 0.717) is 28.2 Å². The van der Waals surface area contributed by atoms with Crippen molar-refractivity contribution in [1.29, 1.82) is 0 Å². The average Bonchev–Trinajstić information content (AvgIpc) is 2.77. The second-order valence-electron chi connectivity index (χ2n) is 7.93. The van der Waals surface area contributed by atoms with Crippen LogP contribution in [0.3, 0.4) is 0 Å². The molecule has 9 nitrogen and oxygen atoms in total. The van der Waals surface area contributed by atoms with Gasteiger partial charge in [0.2, 0.25) is 5.95 Å². The summed E-state index contributed by atoms with van der Waals surface area (Å²) in [5, 5.41) is 6.71. The van der Waals surface area contributed by atoms with Gasteiger partial charge >= 0.3 is 0 Å². The molecule has 0 fully saturated rings. The van der Waals surface area contributed by atoms with Gasteiger partial charge in [0.15, 0.2) is 11.6 Å². The van der Waals surface area contributed by atoms with Gasteiger partial charge in [-0.3, -0.25) is 4.79 Å². The van der Waals surface area contributed by atoms with Gasteiger partial charge in [-0.2, -0.15) is 4.98 Å². The topological polar surface area (TPSA) is 104 Å². The first-order chi connectivity index (χ1) is 15.8. The Morgan fingerprint density at radius 3 is 2.73 bits per heavy atom. The molecule has 0 radical (unpaired) electrons. The van der Waals surface area contributed by atoms with Crippen LogP contribution in [0.5, 0.6) is 11.5 Å². The number of halogens is 1. The molecule has 0 unspecified atom stereocenters. The molecule has 1 aliphatic heterocycles. The SMILES string of the molecule is COc1cc2c(cc1Nc1ncc(Cl)c(Nc3c[nH]c(=O)cc3OP(C)C)n1)CN(C)CC2. The normalized spacial score (nSPS) is 13.5. The Balaban J connectivity index is 1.63. The lowest BCUT2D eigenvalue weighted by Gasteiger charge is -2.26. The van der Waals surface area contributed by atoms with Gasteiger partial charge in [-0.05, 0) is 50.1 Å². The Labute approximate surface area is 198 Å². The number of rotatable bonds is 7. The molecule has 0 amide bonds. The van der Waals surface area contributed by atoms with E-state index < -0.39 is 8.15 Å². The molecule has 0 atom stereocenters. The van der Waals surface area contributed by atoms with E-state index in [1.165, 1.54) is 29.6 Å². The quantitative estimate of drug-likeness (QED) is 0.422. The summed E-state index contributed by atoms with van der Waals surface area (Å²) in [5.74, 6) is 1.88. The van der Waals surface area contributed by atoms with Crippen LogP contribution in [0.15, 0.2) is 35.4 Å². The summed E-state index contributed by atoms with van der Waals surface area (Å²) in [7, 11) is 3.02. The third kappa shape index (κ3) is 5.55. The van der Waals surface area contributed by atoms with E-state index in [4.69, 9.17) is 20.9 Å². The maximum atomic E-state index is 11.8. The highest BCUT2D eigenvalue weighted by Crippen LogP contribution is 2.37. The molecule has 4 rings (SSSR count). The number of methoxy groups -OCH3 is 1. The lowest BCUT2D eigenvalue weighted by atomic mass is 9.99. The van der Waals surface area contributed by atoms with E-state index in [1.54, 1.807) is 7.11 Å². The summed E-state index contributed by atoms with van der Waals surface area (Å²) >= 11 is 6.35. The van der Waals surface area contributed by atoms with Crippen LogP contribution in [-0.2, 0) is 13.0 Å². The molecule has 0 bridgehead atoms. The third-order valence-electron chi connectivity index (χ3n) is 5.14. The van der Waals surface area contributed by atoms with Crippen LogP contribution in [0.4, 0.5) is 23.1 Å². The minimum atomic E-state index is -0.729. The fourth-order valence-corrected chi connectivity index (χ4v) is 4.26. The molecule has 33 heavy (non-hydrogen) atoms. The van der Waals surface area contributed by atoms with Crippen LogP contribution >= 0.6 is 19.7 Å². The molecule has 11 heteroatoms. The van der Waals surface area contributed by atoms with Crippen molar-refractivity contribution in [3.05, 3.63) is 57.1 Å². The van der Waals surface area contributed by atoms with Crippen LogP contribution in [0.25, 0.3) is 0 Å². The highest BCUT2D eigenvalue weighted by molar-refractivity contribution is 7.51. The molecule has 1 aromatic carbocycles. The number of fused-ring (bicyclic) bond motifs is 1. The van der Waals surface area contributed by atoms with E-state index in [2.05, 4.69) is 49.7 Å². The zero-order valence-corrected chi connectivity index (χ0v) is 20.5. The summed E-state index contributed by atoms with van der Waals surface area (Å²) in [5.41, 5.74) is 3.59.